The molecule has 4 rings (SSSR count). The number of rotatable bonds is 5. The second kappa shape index (κ2) is 7.55. The third kappa shape index (κ3) is 3.96. The fourth-order valence-corrected chi connectivity index (χ4v) is 3.90. The Morgan fingerprint density at radius 3 is 2.26 bits per heavy atom. The molecule has 1 heterocycles. The number of H-pyrrole nitrogens is 2. The number of benzene rings is 3. The quantitative estimate of drug-likeness (QED) is 0.454. The third-order valence-electron chi connectivity index (χ3n) is 4.12. The van der Waals surface area contributed by atoms with Crippen molar-refractivity contribution in [3.63, 3.8) is 0 Å². The third-order valence-corrected chi connectivity index (χ3v) is 5.39. The summed E-state index contributed by atoms with van der Waals surface area (Å²) in [7, 11) is 0. The van der Waals surface area contributed by atoms with Crippen molar-refractivity contribution in [2.75, 3.05) is 5.32 Å². The number of thioether (sulfide) groups is 1. The molecule has 134 valence electrons. The number of nitrogens with one attached hydrogen (secondary N) is 3. The topological polar surface area (TPSA) is 77.8 Å². The van der Waals surface area contributed by atoms with E-state index in [9.17, 15) is 9.59 Å². The van der Waals surface area contributed by atoms with E-state index in [0.29, 0.717) is 16.7 Å². The molecule has 3 aromatic carbocycles. The van der Waals surface area contributed by atoms with Crippen LogP contribution in [0, 0.1) is 0 Å². The minimum absolute atomic E-state index is 0.118. The summed E-state index contributed by atoms with van der Waals surface area (Å²) in [5, 5.41) is 2.57. The second-order valence-corrected chi connectivity index (χ2v) is 7.23. The summed E-state index contributed by atoms with van der Waals surface area (Å²) in [6.45, 7) is 0. The zero-order valence-electron chi connectivity index (χ0n) is 14.3. The normalized spacial score (nSPS) is 12.0. The lowest BCUT2D eigenvalue weighted by atomic mass is 10.1. The van der Waals surface area contributed by atoms with Crippen molar-refractivity contribution in [3.8, 4) is 0 Å². The van der Waals surface area contributed by atoms with Gasteiger partial charge in [-0.25, -0.2) is 4.79 Å². The van der Waals surface area contributed by atoms with Crippen molar-refractivity contribution < 1.29 is 4.79 Å². The average molecular weight is 375 g/mol. The van der Waals surface area contributed by atoms with Crippen molar-refractivity contribution in [1.29, 1.82) is 0 Å². The Kier molecular flexibility index (Phi) is 4.80. The van der Waals surface area contributed by atoms with E-state index in [-0.39, 0.29) is 11.6 Å². The first-order valence-corrected chi connectivity index (χ1v) is 9.36. The van der Waals surface area contributed by atoms with Gasteiger partial charge in [-0.3, -0.25) is 4.79 Å². The molecular weight excluding hydrogens is 358 g/mol. The molecule has 5 nitrogen and oxygen atoms in total. The Bertz CT molecular complexity index is 1120. The van der Waals surface area contributed by atoms with Crippen LogP contribution >= 0.6 is 11.8 Å². The van der Waals surface area contributed by atoms with Crippen LogP contribution in [-0.4, -0.2) is 15.9 Å². The first-order chi connectivity index (χ1) is 13.2. The first kappa shape index (κ1) is 17.2. The molecule has 3 N–H and O–H groups in total. The summed E-state index contributed by atoms with van der Waals surface area (Å²) in [6.07, 6.45) is 0. The van der Waals surface area contributed by atoms with E-state index in [1.165, 1.54) is 11.8 Å². The largest absolute Gasteiger partial charge is 0.325 e. The Morgan fingerprint density at radius 2 is 1.52 bits per heavy atom. The summed E-state index contributed by atoms with van der Waals surface area (Å²) in [5.74, 6) is -0.118. The van der Waals surface area contributed by atoms with Crippen LogP contribution in [0.4, 0.5) is 5.69 Å². The SMILES string of the molecule is O=C(Nc1ccc2[nH]c(=O)[nH]c2c1)C(Sc1ccccc1)c1ccccc1. The lowest BCUT2D eigenvalue weighted by molar-refractivity contribution is -0.115. The van der Waals surface area contributed by atoms with Crippen LogP contribution in [-0.2, 0) is 4.79 Å². The highest BCUT2D eigenvalue weighted by Crippen LogP contribution is 2.36. The molecule has 6 heteroatoms. The van der Waals surface area contributed by atoms with Crippen molar-refractivity contribution in [1.82, 2.24) is 9.97 Å². The molecule has 0 radical (unpaired) electrons. The summed E-state index contributed by atoms with van der Waals surface area (Å²) in [6, 6.07) is 24.8. The zero-order chi connectivity index (χ0) is 18.6. The Hall–Kier alpha value is -3.25. The predicted molar refractivity (Wildman–Crippen MR) is 109 cm³/mol. The van der Waals surface area contributed by atoms with Crippen molar-refractivity contribution >= 4 is 34.4 Å². The Balaban J connectivity index is 1.61. The van der Waals surface area contributed by atoms with Gasteiger partial charge < -0.3 is 15.3 Å². The van der Waals surface area contributed by atoms with Gasteiger partial charge in [-0.15, -0.1) is 11.8 Å². The average Bonchev–Trinajstić information content (AvgIpc) is 3.07. The number of fused-ring (bicyclic) bond motifs is 1. The van der Waals surface area contributed by atoms with E-state index >= 15 is 0 Å². The number of carbonyl (C=O) groups is 1. The maximum absolute atomic E-state index is 13.0. The van der Waals surface area contributed by atoms with E-state index in [2.05, 4.69) is 15.3 Å². The van der Waals surface area contributed by atoms with E-state index in [1.54, 1.807) is 18.2 Å². The number of anilines is 1. The number of imidazole rings is 1. The number of aromatic amines is 2. The highest BCUT2D eigenvalue weighted by molar-refractivity contribution is 8.00. The highest BCUT2D eigenvalue weighted by atomic mass is 32.2. The van der Waals surface area contributed by atoms with Crippen LogP contribution in [0.3, 0.4) is 0 Å². The summed E-state index contributed by atoms with van der Waals surface area (Å²) < 4.78 is 0. The molecule has 27 heavy (non-hydrogen) atoms. The van der Waals surface area contributed by atoms with E-state index < -0.39 is 5.25 Å². The standard InChI is InChI=1S/C21H17N3O2S/c25-20(22-15-11-12-17-18(13-15)24-21(26)23-17)19(14-7-3-1-4-8-14)27-16-9-5-2-6-10-16/h1-13,19H,(H,22,25)(H2,23,24,26). The molecule has 1 aromatic heterocycles. The van der Waals surface area contributed by atoms with Gasteiger partial charge in [0.05, 0.1) is 11.0 Å². The van der Waals surface area contributed by atoms with Crippen LogP contribution in [0.5, 0.6) is 0 Å². The van der Waals surface area contributed by atoms with Gasteiger partial charge in [0.15, 0.2) is 0 Å². The van der Waals surface area contributed by atoms with E-state index in [1.807, 2.05) is 60.7 Å². The number of carbonyl (C=O) groups excluding carboxylic acids is 1. The van der Waals surface area contributed by atoms with E-state index in [4.69, 9.17) is 0 Å². The second-order valence-electron chi connectivity index (χ2n) is 6.05. The van der Waals surface area contributed by atoms with Crippen LogP contribution in [0.1, 0.15) is 10.8 Å². The monoisotopic (exact) mass is 375 g/mol. The van der Waals surface area contributed by atoms with Crippen molar-refractivity contribution in [2.24, 2.45) is 0 Å². The molecule has 0 aliphatic rings. The van der Waals surface area contributed by atoms with Gasteiger partial charge >= 0.3 is 5.69 Å². The molecule has 1 amide bonds. The number of hydrogen-bond acceptors (Lipinski definition) is 3. The summed E-state index contributed by atoms with van der Waals surface area (Å²) in [4.78, 5) is 30.9. The van der Waals surface area contributed by atoms with Gasteiger partial charge in [0.1, 0.15) is 5.25 Å². The van der Waals surface area contributed by atoms with Crippen molar-refractivity contribution in [2.45, 2.75) is 10.1 Å². The number of aromatic nitrogens is 2. The lowest BCUT2D eigenvalue weighted by Gasteiger charge is -2.17. The van der Waals surface area contributed by atoms with Crippen LogP contribution in [0.15, 0.2) is 88.6 Å². The Morgan fingerprint density at radius 1 is 0.852 bits per heavy atom. The first-order valence-electron chi connectivity index (χ1n) is 8.48. The summed E-state index contributed by atoms with van der Waals surface area (Å²) in [5.41, 5.74) is 2.66. The highest BCUT2D eigenvalue weighted by Gasteiger charge is 2.22. The smallest absolute Gasteiger partial charge is 0.323 e. The van der Waals surface area contributed by atoms with Crippen LogP contribution in [0.25, 0.3) is 11.0 Å². The van der Waals surface area contributed by atoms with Crippen LogP contribution in [0.2, 0.25) is 0 Å². The fourth-order valence-electron chi connectivity index (χ4n) is 2.85. The molecule has 0 bridgehead atoms. The molecule has 1 atom stereocenters. The molecule has 0 aliphatic carbocycles. The van der Waals surface area contributed by atoms with Gasteiger partial charge in [-0.1, -0.05) is 48.5 Å². The molecule has 0 aliphatic heterocycles. The van der Waals surface area contributed by atoms with Gasteiger partial charge in [0.25, 0.3) is 0 Å². The minimum atomic E-state index is -0.394. The number of amides is 1. The van der Waals surface area contributed by atoms with Crippen LogP contribution < -0.4 is 11.0 Å². The maximum atomic E-state index is 13.0. The lowest BCUT2D eigenvalue weighted by Crippen LogP contribution is -2.19. The van der Waals surface area contributed by atoms with E-state index in [0.717, 1.165) is 10.5 Å². The summed E-state index contributed by atoms with van der Waals surface area (Å²) >= 11 is 1.50. The van der Waals surface area contributed by atoms with Gasteiger partial charge in [0.2, 0.25) is 5.91 Å². The predicted octanol–water partition coefficient (Wildman–Crippen LogP) is 4.33. The molecule has 0 saturated heterocycles. The molecule has 0 fully saturated rings. The van der Waals surface area contributed by atoms with Crippen molar-refractivity contribution in [3.05, 3.63) is 94.9 Å². The molecule has 4 aromatic rings. The fraction of sp³-hybridized carbons (Fsp3) is 0.0476. The minimum Gasteiger partial charge on any atom is -0.325 e. The zero-order valence-corrected chi connectivity index (χ0v) is 15.1. The number of hydrogen-bond donors (Lipinski definition) is 3. The molecule has 0 saturated carbocycles. The molecule has 0 spiro atoms. The molecule has 1 unspecified atom stereocenters. The molecular formula is C21H17N3O2S. The maximum Gasteiger partial charge on any atom is 0.323 e. The van der Waals surface area contributed by atoms with Gasteiger partial charge in [-0.05, 0) is 35.9 Å². The Labute approximate surface area is 159 Å². The van der Waals surface area contributed by atoms with Gasteiger partial charge in [-0.2, -0.15) is 0 Å². The van der Waals surface area contributed by atoms with Gasteiger partial charge in [0, 0.05) is 10.6 Å².